The zero-order valence-electron chi connectivity index (χ0n) is 15.7. The van der Waals surface area contributed by atoms with Crippen LogP contribution in [-0.2, 0) is 5.75 Å². The number of hydrogen-bond donors (Lipinski definition) is 3. The van der Waals surface area contributed by atoms with Crippen molar-refractivity contribution in [3.8, 4) is 0 Å². The number of nitro benzene ring substituents is 1. The van der Waals surface area contributed by atoms with Crippen molar-refractivity contribution in [3.05, 3.63) is 52.6 Å². The van der Waals surface area contributed by atoms with Gasteiger partial charge in [0.25, 0.3) is 5.69 Å². The predicted molar refractivity (Wildman–Crippen MR) is 107 cm³/mol. The highest BCUT2D eigenvalue weighted by Gasteiger charge is 2.71. The number of imidazole rings is 1. The molecule has 11 heteroatoms. The number of nitro groups is 1. The summed E-state index contributed by atoms with van der Waals surface area (Å²) in [6, 6.07) is 5.95. The van der Waals surface area contributed by atoms with Crippen LogP contribution in [-0.4, -0.2) is 58.6 Å². The minimum atomic E-state index is -1.00. The fourth-order valence-electron chi connectivity index (χ4n) is 4.57. The molecule has 30 heavy (non-hydrogen) atoms. The van der Waals surface area contributed by atoms with E-state index in [9.17, 15) is 25.4 Å². The van der Waals surface area contributed by atoms with Crippen molar-refractivity contribution in [2.45, 2.75) is 35.4 Å². The Morgan fingerprint density at radius 2 is 2.00 bits per heavy atom. The third-order valence-electron chi connectivity index (χ3n) is 6.32. The molecular formula is C19H19N5O5S. The van der Waals surface area contributed by atoms with E-state index in [4.69, 9.17) is 0 Å². The lowest BCUT2D eigenvalue weighted by Crippen LogP contribution is -2.35. The maximum atomic E-state index is 10.8. The van der Waals surface area contributed by atoms with Crippen LogP contribution in [0.3, 0.4) is 0 Å². The number of aromatic nitrogens is 4. The Balaban J connectivity index is 1.40. The van der Waals surface area contributed by atoms with Crippen LogP contribution in [0.4, 0.5) is 5.69 Å². The highest BCUT2D eigenvalue weighted by atomic mass is 32.2. The van der Waals surface area contributed by atoms with Crippen molar-refractivity contribution in [2.75, 3.05) is 6.61 Å². The van der Waals surface area contributed by atoms with Gasteiger partial charge in [0.2, 0.25) is 0 Å². The van der Waals surface area contributed by atoms with Crippen molar-refractivity contribution in [2.24, 2.45) is 11.3 Å². The van der Waals surface area contributed by atoms with Gasteiger partial charge in [0, 0.05) is 23.3 Å². The van der Waals surface area contributed by atoms with Crippen LogP contribution in [0.1, 0.15) is 18.0 Å². The molecule has 0 spiro atoms. The van der Waals surface area contributed by atoms with Crippen LogP contribution < -0.4 is 0 Å². The average molecular weight is 429 g/mol. The molecule has 10 nitrogen and oxygen atoms in total. The molecular weight excluding hydrogens is 410 g/mol. The standard InChI is InChI=1S/C19H19N5O5S/c25-7-19-5-12(19)14(15(26)16(19)27)23-9-22-13-17(23)20-8-21-18(13)30-6-10-1-3-11(4-2-10)24(28)29/h1-4,8-9,12,14-16,25-27H,5-7H2/t12-,14-,15+,16+,19+/m1/s1. The van der Waals surface area contributed by atoms with E-state index >= 15 is 0 Å². The second-order valence-electron chi connectivity index (χ2n) is 7.84. The van der Waals surface area contributed by atoms with Gasteiger partial charge in [-0.25, -0.2) is 15.0 Å². The van der Waals surface area contributed by atoms with Crippen molar-refractivity contribution in [1.82, 2.24) is 19.5 Å². The molecule has 0 amide bonds. The molecule has 0 saturated heterocycles. The molecule has 2 fully saturated rings. The van der Waals surface area contributed by atoms with Gasteiger partial charge in [-0.2, -0.15) is 0 Å². The monoisotopic (exact) mass is 429 g/mol. The second kappa shape index (κ2) is 6.98. The highest BCUT2D eigenvalue weighted by Crippen LogP contribution is 2.67. The normalized spacial score (nSPS) is 29.8. The number of fused-ring (bicyclic) bond motifs is 2. The van der Waals surface area contributed by atoms with Crippen LogP contribution in [0, 0.1) is 21.4 Å². The van der Waals surface area contributed by atoms with Gasteiger partial charge in [0.15, 0.2) is 5.65 Å². The lowest BCUT2D eigenvalue weighted by molar-refractivity contribution is -0.384. The summed E-state index contributed by atoms with van der Waals surface area (Å²) < 4.78 is 1.77. The number of benzene rings is 1. The number of aliphatic hydroxyl groups excluding tert-OH is 3. The van der Waals surface area contributed by atoms with Crippen LogP contribution in [0.5, 0.6) is 0 Å². The Morgan fingerprint density at radius 3 is 2.67 bits per heavy atom. The van der Waals surface area contributed by atoms with E-state index in [1.807, 2.05) is 0 Å². The number of hydrogen-bond acceptors (Lipinski definition) is 9. The molecule has 0 aliphatic heterocycles. The topological polar surface area (TPSA) is 147 Å². The first-order chi connectivity index (χ1) is 14.5. The van der Waals surface area contributed by atoms with E-state index in [0.29, 0.717) is 28.4 Å². The van der Waals surface area contributed by atoms with Gasteiger partial charge in [0.05, 0.1) is 30.0 Å². The van der Waals surface area contributed by atoms with E-state index in [0.717, 1.165) is 5.56 Å². The van der Waals surface area contributed by atoms with Crippen molar-refractivity contribution < 1.29 is 20.2 Å². The van der Waals surface area contributed by atoms with E-state index in [1.54, 1.807) is 23.0 Å². The first-order valence-corrected chi connectivity index (χ1v) is 10.5. The quantitative estimate of drug-likeness (QED) is 0.228. The summed E-state index contributed by atoms with van der Waals surface area (Å²) in [4.78, 5) is 23.5. The number of thioether (sulfide) groups is 1. The summed E-state index contributed by atoms with van der Waals surface area (Å²) in [5, 5.41) is 42.1. The van der Waals surface area contributed by atoms with Crippen LogP contribution in [0.25, 0.3) is 11.2 Å². The Hall–Kier alpha value is -2.60. The molecule has 156 valence electrons. The summed E-state index contributed by atoms with van der Waals surface area (Å²) >= 11 is 1.44. The Kier molecular flexibility index (Phi) is 4.51. The molecule has 5 rings (SSSR count). The van der Waals surface area contributed by atoms with Crippen molar-refractivity contribution in [3.63, 3.8) is 0 Å². The first kappa shape index (κ1) is 19.4. The zero-order chi connectivity index (χ0) is 21.0. The molecule has 0 unspecified atom stereocenters. The molecule has 3 aromatic rings. The molecule has 5 atom stereocenters. The SMILES string of the molecule is O=[N+]([O-])c1ccc(CSc2ncnc3c2ncn3[C@H]2[C@H](O)[C@H](O)[C@]3(CO)C[C@H]23)cc1. The fourth-order valence-corrected chi connectivity index (χ4v) is 5.47. The third-order valence-corrected chi connectivity index (χ3v) is 7.37. The van der Waals surface area contributed by atoms with E-state index < -0.39 is 28.6 Å². The molecule has 0 radical (unpaired) electrons. The fraction of sp³-hybridized carbons (Fsp3) is 0.421. The number of non-ortho nitro benzene ring substituents is 1. The van der Waals surface area contributed by atoms with Gasteiger partial charge in [-0.3, -0.25) is 10.1 Å². The molecule has 2 aliphatic carbocycles. The van der Waals surface area contributed by atoms with Crippen LogP contribution in [0.2, 0.25) is 0 Å². The molecule has 2 aliphatic rings. The molecule has 3 N–H and O–H groups in total. The minimum Gasteiger partial charge on any atom is -0.396 e. The van der Waals surface area contributed by atoms with Gasteiger partial charge in [-0.05, 0) is 17.9 Å². The van der Waals surface area contributed by atoms with Crippen LogP contribution in [0.15, 0.2) is 41.9 Å². The van der Waals surface area contributed by atoms with Crippen molar-refractivity contribution in [1.29, 1.82) is 0 Å². The molecule has 2 aromatic heterocycles. The lowest BCUT2D eigenvalue weighted by atomic mass is 10.0. The zero-order valence-corrected chi connectivity index (χ0v) is 16.5. The molecule has 2 heterocycles. The number of nitrogens with zero attached hydrogens (tertiary/aromatic N) is 5. The Labute approximate surface area is 174 Å². The Morgan fingerprint density at radius 1 is 1.23 bits per heavy atom. The van der Waals surface area contributed by atoms with E-state index in [-0.39, 0.29) is 18.2 Å². The van der Waals surface area contributed by atoms with Crippen molar-refractivity contribution >= 4 is 28.6 Å². The molecule has 0 bridgehead atoms. The number of rotatable bonds is 6. The number of aliphatic hydroxyl groups is 3. The summed E-state index contributed by atoms with van der Waals surface area (Å²) in [7, 11) is 0. The van der Waals surface area contributed by atoms with Gasteiger partial charge < -0.3 is 19.9 Å². The Bertz CT molecular complexity index is 1120. The largest absolute Gasteiger partial charge is 0.396 e. The maximum absolute atomic E-state index is 10.8. The van der Waals surface area contributed by atoms with E-state index in [1.165, 1.54) is 30.2 Å². The molecule has 2 saturated carbocycles. The second-order valence-corrected chi connectivity index (χ2v) is 8.81. The summed E-state index contributed by atoms with van der Waals surface area (Å²) in [5.41, 5.74) is 1.47. The average Bonchev–Trinajstić information content (AvgIpc) is 3.27. The van der Waals surface area contributed by atoms with Gasteiger partial charge in [0.1, 0.15) is 23.0 Å². The summed E-state index contributed by atoms with van der Waals surface area (Å²) in [5.74, 6) is 0.522. The third kappa shape index (κ3) is 2.81. The van der Waals surface area contributed by atoms with Gasteiger partial charge >= 0.3 is 0 Å². The first-order valence-electron chi connectivity index (χ1n) is 9.47. The predicted octanol–water partition coefficient (Wildman–Crippen LogP) is 1.30. The highest BCUT2D eigenvalue weighted by molar-refractivity contribution is 7.98. The molecule has 1 aromatic carbocycles. The van der Waals surface area contributed by atoms with Crippen LogP contribution >= 0.6 is 11.8 Å². The van der Waals surface area contributed by atoms with Gasteiger partial charge in [-0.1, -0.05) is 23.9 Å². The summed E-state index contributed by atoms with van der Waals surface area (Å²) in [6.45, 7) is -0.162. The lowest BCUT2D eigenvalue weighted by Gasteiger charge is -2.23. The van der Waals surface area contributed by atoms with Gasteiger partial charge in [-0.15, -0.1) is 0 Å². The maximum Gasteiger partial charge on any atom is 0.269 e. The van der Waals surface area contributed by atoms with E-state index in [2.05, 4.69) is 15.0 Å². The summed E-state index contributed by atoms with van der Waals surface area (Å²) in [6.07, 6.45) is 1.70. The minimum absolute atomic E-state index is 0.0314. The smallest absolute Gasteiger partial charge is 0.269 e.